The summed E-state index contributed by atoms with van der Waals surface area (Å²) in [6.07, 6.45) is 0.680. The van der Waals surface area contributed by atoms with E-state index in [1.165, 1.54) is 17.7 Å². The Labute approximate surface area is 124 Å². The number of fused-ring (bicyclic) bond motifs is 1. The van der Waals surface area contributed by atoms with Crippen molar-refractivity contribution in [1.29, 1.82) is 0 Å². The van der Waals surface area contributed by atoms with Crippen molar-refractivity contribution in [3.8, 4) is 0 Å². The van der Waals surface area contributed by atoms with Crippen LogP contribution in [0.5, 0.6) is 0 Å². The van der Waals surface area contributed by atoms with E-state index >= 15 is 0 Å². The second-order valence-electron chi connectivity index (χ2n) is 6.69. The van der Waals surface area contributed by atoms with Crippen LogP contribution in [0.4, 0.5) is 14.5 Å². The van der Waals surface area contributed by atoms with Crippen LogP contribution in [0.1, 0.15) is 43.5 Å². The van der Waals surface area contributed by atoms with Gasteiger partial charge in [0.25, 0.3) is 0 Å². The van der Waals surface area contributed by atoms with Gasteiger partial charge < -0.3 is 5.32 Å². The van der Waals surface area contributed by atoms with Gasteiger partial charge in [-0.3, -0.25) is 0 Å². The minimum absolute atomic E-state index is 0.0806. The van der Waals surface area contributed by atoms with Gasteiger partial charge in [0.1, 0.15) is 11.6 Å². The van der Waals surface area contributed by atoms with Crippen molar-refractivity contribution >= 4 is 5.69 Å². The molecular formula is C18H19F2N. The third-order valence-corrected chi connectivity index (χ3v) is 4.06. The second-order valence-corrected chi connectivity index (χ2v) is 6.69. The molecule has 3 heteroatoms. The topological polar surface area (TPSA) is 12.0 Å². The zero-order valence-corrected chi connectivity index (χ0v) is 12.5. The summed E-state index contributed by atoms with van der Waals surface area (Å²) in [5.74, 6) is -0.766. The van der Waals surface area contributed by atoms with Gasteiger partial charge >= 0.3 is 0 Å². The van der Waals surface area contributed by atoms with E-state index in [1.54, 1.807) is 0 Å². The van der Waals surface area contributed by atoms with E-state index in [0.29, 0.717) is 12.0 Å². The Hall–Kier alpha value is -1.90. The lowest BCUT2D eigenvalue weighted by atomic mass is 9.85. The zero-order valence-electron chi connectivity index (χ0n) is 12.5. The molecule has 2 aromatic carbocycles. The highest BCUT2D eigenvalue weighted by atomic mass is 19.1. The van der Waals surface area contributed by atoms with Crippen molar-refractivity contribution in [2.45, 2.75) is 38.6 Å². The molecule has 1 aliphatic rings. The van der Waals surface area contributed by atoms with E-state index in [-0.39, 0.29) is 17.3 Å². The minimum Gasteiger partial charge on any atom is -0.378 e. The van der Waals surface area contributed by atoms with Gasteiger partial charge in [0.2, 0.25) is 0 Å². The molecule has 1 atom stereocenters. The summed E-state index contributed by atoms with van der Waals surface area (Å²) in [6, 6.07) is 9.71. The highest BCUT2D eigenvalue weighted by Gasteiger charge is 2.26. The predicted molar refractivity (Wildman–Crippen MR) is 81.6 cm³/mol. The molecule has 0 saturated heterocycles. The Kier molecular flexibility index (Phi) is 3.23. The lowest BCUT2D eigenvalue weighted by Gasteiger charge is -2.19. The highest BCUT2D eigenvalue weighted by molar-refractivity contribution is 5.60. The van der Waals surface area contributed by atoms with Crippen molar-refractivity contribution in [3.63, 3.8) is 0 Å². The fraction of sp³-hybridized carbons (Fsp3) is 0.333. The molecule has 1 unspecified atom stereocenters. The van der Waals surface area contributed by atoms with Gasteiger partial charge in [0, 0.05) is 11.3 Å². The quantitative estimate of drug-likeness (QED) is 0.780. The molecule has 2 aromatic rings. The van der Waals surface area contributed by atoms with Crippen LogP contribution in [0.3, 0.4) is 0 Å². The number of hydrogen-bond acceptors (Lipinski definition) is 1. The molecule has 1 nitrogen and oxygen atoms in total. The molecule has 0 spiro atoms. The first-order chi connectivity index (χ1) is 9.84. The molecule has 0 saturated carbocycles. The van der Waals surface area contributed by atoms with E-state index in [4.69, 9.17) is 0 Å². The van der Waals surface area contributed by atoms with Crippen LogP contribution in [0.15, 0.2) is 36.4 Å². The number of benzene rings is 2. The van der Waals surface area contributed by atoms with Crippen LogP contribution >= 0.6 is 0 Å². The number of rotatable bonds is 1. The van der Waals surface area contributed by atoms with Gasteiger partial charge in [-0.1, -0.05) is 32.9 Å². The van der Waals surface area contributed by atoms with Crippen LogP contribution in [-0.2, 0) is 11.8 Å². The molecule has 1 N–H and O–H groups in total. The standard InChI is InChI=1S/C18H19F2N/c1-18(2,3)12-4-7-16-11(8-12)9-17(21-16)14-10-13(19)5-6-15(14)20/h4-8,10,17,21H,9H2,1-3H3. The zero-order chi connectivity index (χ0) is 15.2. The van der Waals surface area contributed by atoms with Gasteiger partial charge in [-0.05, 0) is 47.2 Å². The summed E-state index contributed by atoms with van der Waals surface area (Å²) >= 11 is 0. The average molecular weight is 287 g/mol. The summed E-state index contributed by atoms with van der Waals surface area (Å²) in [4.78, 5) is 0. The van der Waals surface area contributed by atoms with Gasteiger partial charge in [0.15, 0.2) is 0 Å². The number of nitrogens with one attached hydrogen (secondary N) is 1. The van der Waals surface area contributed by atoms with E-state index in [2.05, 4.69) is 38.2 Å². The Morgan fingerprint density at radius 2 is 1.81 bits per heavy atom. The summed E-state index contributed by atoms with van der Waals surface area (Å²) < 4.78 is 27.3. The first-order valence-corrected chi connectivity index (χ1v) is 7.19. The monoisotopic (exact) mass is 287 g/mol. The van der Waals surface area contributed by atoms with Crippen molar-refractivity contribution in [2.75, 3.05) is 5.32 Å². The maximum absolute atomic E-state index is 13.9. The summed E-state index contributed by atoms with van der Waals surface area (Å²) in [5.41, 5.74) is 3.90. The molecule has 110 valence electrons. The predicted octanol–water partition coefficient (Wildman–Crippen LogP) is 4.97. The van der Waals surface area contributed by atoms with Gasteiger partial charge in [-0.2, -0.15) is 0 Å². The number of anilines is 1. The Balaban J connectivity index is 1.93. The highest BCUT2D eigenvalue weighted by Crippen LogP contribution is 2.37. The Bertz CT molecular complexity index is 686. The van der Waals surface area contributed by atoms with E-state index in [1.807, 2.05) is 6.07 Å². The van der Waals surface area contributed by atoms with Crippen molar-refractivity contribution < 1.29 is 8.78 Å². The lowest BCUT2D eigenvalue weighted by molar-refractivity contribution is 0.573. The van der Waals surface area contributed by atoms with Crippen molar-refractivity contribution in [1.82, 2.24) is 0 Å². The summed E-state index contributed by atoms with van der Waals surface area (Å²) in [6.45, 7) is 6.50. The molecule has 0 fully saturated rings. The lowest BCUT2D eigenvalue weighted by Crippen LogP contribution is -2.11. The van der Waals surface area contributed by atoms with E-state index in [0.717, 1.165) is 17.3 Å². The molecule has 0 aliphatic carbocycles. The molecular weight excluding hydrogens is 268 g/mol. The Morgan fingerprint density at radius 3 is 2.52 bits per heavy atom. The Morgan fingerprint density at radius 1 is 1.05 bits per heavy atom. The van der Waals surface area contributed by atoms with Crippen molar-refractivity contribution in [3.05, 3.63) is 64.7 Å². The van der Waals surface area contributed by atoms with Gasteiger partial charge in [0.05, 0.1) is 6.04 Å². The number of halogens is 2. The van der Waals surface area contributed by atoms with Crippen LogP contribution in [-0.4, -0.2) is 0 Å². The molecule has 0 radical (unpaired) electrons. The van der Waals surface area contributed by atoms with E-state index in [9.17, 15) is 8.78 Å². The maximum Gasteiger partial charge on any atom is 0.128 e. The normalized spacial score (nSPS) is 17.5. The first kappa shape index (κ1) is 14.1. The van der Waals surface area contributed by atoms with Crippen LogP contribution in [0.25, 0.3) is 0 Å². The maximum atomic E-state index is 13.9. The molecule has 0 aromatic heterocycles. The SMILES string of the molecule is CC(C)(C)c1ccc2c(c1)CC(c1cc(F)ccc1F)N2. The second kappa shape index (κ2) is 4.83. The minimum atomic E-state index is -0.403. The molecule has 0 amide bonds. The van der Waals surface area contributed by atoms with E-state index < -0.39 is 5.82 Å². The molecule has 3 rings (SSSR count). The average Bonchev–Trinajstić information content (AvgIpc) is 2.83. The summed E-state index contributed by atoms with van der Waals surface area (Å²) in [5, 5.41) is 3.29. The fourth-order valence-corrected chi connectivity index (χ4v) is 2.80. The third kappa shape index (κ3) is 2.65. The molecule has 21 heavy (non-hydrogen) atoms. The van der Waals surface area contributed by atoms with Crippen molar-refractivity contribution in [2.24, 2.45) is 0 Å². The molecule has 1 aliphatic heterocycles. The van der Waals surface area contributed by atoms with Crippen LogP contribution in [0.2, 0.25) is 0 Å². The summed E-state index contributed by atoms with van der Waals surface area (Å²) in [7, 11) is 0. The van der Waals surface area contributed by atoms with Crippen LogP contribution < -0.4 is 5.32 Å². The molecule has 0 bridgehead atoms. The number of hydrogen-bond donors (Lipinski definition) is 1. The van der Waals surface area contributed by atoms with Gasteiger partial charge in [-0.25, -0.2) is 8.78 Å². The third-order valence-electron chi connectivity index (χ3n) is 4.06. The molecule has 1 heterocycles. The van der Waals surface area contributed by atoms with Gasteiger partial charge in [-0.15, -0.1) is 0 Å². The smallest absolute Gasteiger partial charge is 0.128 e. The first-order valence-electron chi connectivity index (χ1n) is 7.19. The van der Waals surface area contributed by atoms with Crippen LogP contribution in [0, 0.1) is 11.6 Å². The fourth-order valence-electron chi connectivity index (χ4n) is 2.80. The largest absolute Gasteiger partial charge is 0.378 e.